The minimum Gasteiger partial charge on any atom is -0.350 e. The van der Waals surface area contributed by atoms with Gasteiger partial charge in [0.05, 0.1) is 6.61 Å². The normalized spacial score (nSPS) is 10.2. The van der Waals surface area contributed by atoms with Gasteiger partial charge in [0.1, 0.15) is 0 Å². The summed E-state index contributed by atoms with van der Waals surface area (Å²) in [7, 11) is 0. The molecule has 0 atom stereocenters. The first-order chi connectivity index (χ1) is 4.62. The summed E-state index contributed by atoms with van der Waals surface area (Å²) in [5.74, 6) is 0. The van der Waals surface area contributed by atoms with E-state index in [9.17, 15) is 4.79 Å². The van der Waals surface area contributed by atoms with Crippen molar-refractivity contribution >= 4 is 6.08 Å². The summed E-state index contributed by atoms with van der Waals surface area (Å²) < 4.78 is 5.07. The number of isocyanates is 1. The fraction of sp³-hybridized carbons (Fsp3) is 0.571. The second kappa shape index (κ2) is 3.99. The van der Waals surface area contributed by atoms with Crippen molar-refractivity contribution in [2.45, 2.75) is 19.6 Å². The number of aliphatic imine (C=N–C) groups is 1. The molecule has 0 spiro atoms. The van der Waals surface area contributed by atoms with Crippen molar-refractivity contribution in [1.82, 2.24) is 0 Å². The van der Waals surface area contributed by atoms with Crippen LogP contribution < -0.4 is 0 Å². The molecule has 0 saturated carbocycles. The van der Waals surface area contributed by atoms with Crippen LogP contribution >= 0.6 is 0 Å². The average molecular weight is 141 g/mol. The summed E-state index contributed by atoms with van der Waals surface area (Å²) in [4.78, 5) is 13.2. The molecule has 0 aliphatic rings. The van der Waals surface area contributed by atoms with Gasteiger partial charge in [-0.05, 0) is 13.8 Å². The summed E-state index contributed by atoms with van der Waals surface area (Å²) in [6.07, 6.45) is 3.03. The molecule has 0 heterocycles. The van der Waals surface area contributed by atoms with Gasteiger partial charge >= 0.3 is 0 Å². The molecule has 0 amide bonds. The molecule has 0 bridgehead atoms. The average Bonchev–Trinajstić information content (AvgIpc) is 1.84. The monoisotopic (exact) mass is 141 g/mol. The maximum absolute atomic E-state index is 9.79. The van der Waals surface area contributed by atoms with E-state index in [4.69, 9.17) is 4.74 Å². The van der Waals surface area contributed by atoms with Gasteiger partial charge in [-0.1, -0.05) is 6.08 Å². The highest BCUT2D eigenvalue weighted by molar-refractivity contribution is 5.33. The molecule has 0 rings (SSSR count). The van der Waals surface area contributed by atoms with Crippen molar-refractivity contribution in [1.29, 1.82) is 0 Å². The van der Waals surface area contributed by atoms with Crippen LogP contribution in [0.2, 0.25) is 0 Å². The number of nitrogens with zero attached hydrogens (tertiary/aromatic N) is 1. The number of hydrogen-bond acceptors (Lipinski definition) is 3. The van der Waals surface area contributed by atoms with Gasteiger partial charge in [0, 0.05) is 0 Å². The molecule has 3 nitrogen and oxygen atoms in total. The topological polar surface area (TPSA) is 38.7 Å². The van der Waals surface area contributed by atoms with Gasteiger partial charge in [-0.3, -0.25) is 0 Å². The zero-order valence-corrected chi connectivity index (χ0v) is 6.26. The van der Waals surface area contributed by atoms with E-state index in [1.165, 1.54) is 6.08 Å². The van der Waals surface area contributed by atoms with Crippen LogP contribution in [0.25, 0.3) is 0 Å². The Morgan fingerprint density at radius 2 is 2.40 bits per heavy atom. The minimum absolute atomic E-state index is 0.387. The van der Waals surface area contributed by atoms with E-state index in [1.54, 1.807) is 19.9 Å². The highest BCUT2D eigenvalue weighted by atomic mass is 16.5. The van der Waals surface area contributed by atoms with Gasteiger partial charge in [-0.25, -0.2) is 4.79 Å². The van der Waals surface area contributed by atoms with Gasteiger partial charge in [-0.2, -0.15) is 4.99 Å². The second-order valence-corrected chi connectivity index (χ2v) is 2.25. The fourth-order valence-electron chi connectivity index (χ4n) is 0.405. The third kappa shape index (κ3) is 4.01. The van der Waals surface area contributed by atoms with Crippen LogP contribution in [0.5, 0.6) is 0 Å². The largest absolute Gasteiger partial charge is 0.350 e. The van der Waals surface area contributed by atoms with Crippen LogP contribution in [0.4, 0.5) is 0 Å². The smallest absolute Gasteiger partial charge is 0.237 e. The van der Waals surface area contributed by atoms with Crippen LogP contribution in [0, 0.1) is 0 Å². The van der Waals surface area contributed by atoms with Crippen LogP contribution in [0.15, 0.2) is 17.6 Å². The number of hydrogen-bond donors (Lipinski definition) is 0. The molecular weight excluding hydrogens is 130 g/mol. The van der Waals surface area contributed by atoms with E-state index in [0.717, 1.165) is 0 Å². The van der Waals surface area contributed by atoms with E-state index in [2.05, 4.69) is 11.6 Å². The van der Waals surface area contributed by atoms with Crippen molar-refractivity contribution in [3.05, 3.63) is 12.7 Å². The Kier molecular flexibility index (Phi) is 3.62. The molecule has 0 aliphatic carbocycles. The molecule has 56 valence electrons. The molecule has 3 heteroatoms. The molecule has 0 N–H and O–H groups in total. The van der Waals surface area contributed by atoms with E-state index in [0.29, 0.717) is 6.61 Å². The fourth-order valence-corrected chi connectivity index (χ4v) is 0.405. The Morgan fingerprint density at radius 1 is 1.80 bits per heavy atom. The van der Waals surface area contributed by atoms with Gasteiger partial charge in [0.15, 0.2) is 5.72 Å². The lowest BCUT2D eigenvalue weighted by molar-refractivity contribution is 0.00707. The van der Waals surface area contributed by atoms with Crippen molar-refractivity contribution in [2.24, 2.45) is 4.99 Å². The summed E-state index contributed by atoms with van der Waals surface area (Å²) >= 11 is 0. The summed E-state index contributed by atoms with van der Waals surface area (Å²) in [6.45, 7) is 7.21. The minimum atomic E-state index is -0.768. The first kappa shape index (κ1) is 9.08. The zero-order chi connectivity index (χ0) is 8.04. The highest BCUT2D eigenvalue weighted by Gasteiger charge is 2.14. The lowest BCUT2D eigenvalue weighted by Gasteiger charge is -2.16. The molecule has 0 aromatic carbocycles. The lowest BCUT2D eigenvalue weighted by atomic mass is 10.3. The molecule has 0 aliphatic heterocycles. The maximum atomic E-state index is 9.79. The standard InChI is InChI=1S/C7H11NO2/c1-4-5-10-7(2,3)8-6-9/h4H,1,5H2,2-3H3. The van der Waals surface area contributed by atoms with Crippen molar-refractivity contribution in [3.8, 4) is 0 Å². The van der Waals surface area contributed by atoms with Crippen LogP contribution in [-0.2, 0) is 9.53 Å². The van der Waals surface area contributed by atoms with Crippen LogP contribution in [-0.4, -0.2) is 18.4 Å². The summed E-state index contributed by atoms with van der Waals surface area (Å²) in [5, 5.41) is 0. The highest BCUT2D eigenvalue weighted by Crippen LogP contribution is 2.08. The maximum Gasteiger partial charge on any atom is 0.237 e. The Morgan fingerprint density at radius 3 is 2.80 bits per heavy atom. The van der Waals surface area contributed by atoms with Gasteiger partial charge in [-0.15, -0.1) is 6.58 Å². The lowest BCUT2D eigenvalue weighted by Crippen LogP contribution is -2.20. The number of rotatable bonds is 4. The summed E-state index contributed by atoms with van der Waals surface area (Å²) in [6, 6.07) is 0. The quantitative estimate of drug-likeness (QED) is 0.336. The molecule has 10 heavy (non-hydrogen) atoms. The Balaban J connectivity index is 3.85. The number of ether oxygens (including phenoxy) is 1. The van der Waals surface area contributed by atoms with Crippen LogP contribution in [0.3, 0.4) is 0 Å². The first-order valence-corrected chi connectivity index (χ1v) is 2.96. The zero-order valence-electron chi connectivity index (χ0n) is 6.26. The van der Waals surface area contributed by atoms with Crippen molar-refractivity contribution < 1.29 is 9.53 Å². The molecule has 0 aromatic heterocycles. The predicted molar refractivity (Wildman–Crippen MR) is 38.3 cm³/mol. The van der Waals surface area contributed by atoms with Crippen LogP contribution in [0.1, 0.15) is 13.8 Å². The third-order valence-electron chi connectivity index (χ3n) is 0.869. The van der Waals surface area contributed by atoms with Crippen molar-refractivity contribution in [3.63, 3.8) is 0 Å². The predicted octanol–water partition coefficient (Wildman–Crippen LogP) is 1.26. The van der Waals surface area contributed by atoms with Gasteiger partial charge in [0.25, 0.3) is 0 Å². The van der Waals surface area contributed by atoms with E-state index < -0.39 is 5.72 Å². The third-order valence-corrected chi connectivity index (χ3v) is 0.869. The first-order valence-electron chi connectivity index (χ1n) is 2.96. The molecule has 0 radical (unpaired) electrons. The molecule has 0 aromatic rings. The van der Waals surface area contributed by atoms with E-state index in [1.807, 2.05) is 0 Å². The molecule has 0 fully saturated rings. The molecule has 0 saturated heterocycles. The van der Waals surface area contributed by atoms with Gasteiger partial charge in [0.2, 0.25) is 6.08 Å². The summed E-state index contributed by atoms with van der Waals surface area (Å²) in [5.41, 5.74) is -0.768. The Labute approximate surface area is 60.4 Å². The van der Waals surface area contributed by atoms with E-state index >= 15 is 0 Å². The Bertz CT molecular complexity index is 157. The van der Waals surface area contributed by atoms with Gasteiger partial charge < -0.3 is 4.74 Å². The SMILES string of the molecule is C=CCOC(C)(C)N=C=O. The second-order valence-electron chi connectivity index (χ2n) is 2.25. The number of carbonyl (C=O) groups excluding carboxylic acids is 1. The molecule has 0 unspecified atom stereocenters. The molecular formula is C7H11NO2. The Hall–Kier alpha value is -0.920. The van der Waals surface area contributed by atoms with Crippen molar-refractivity contribution in [2.75, 3.05) is 6.61 Å². The van der Waals surface area contributed by atoms with E-state index in [-0.39, 0.29) is 0 Å².